The molecule has 2 heterocycles. The number of benzene rings is 1. The van der Waals surface area contributed by atoms with Gasteiger partial charge in [0.15, 0.2) is 6.04 Å². The van der Waals surface area contributed by atoms with Gasteiger partial charge in [-0.25, -0.2) is 9.48 Å². The second-order valence-corrected chi connectivity index (χ2v) is 6.68. The predicted molar refractivity (Wildman–Crippen MR) is 85.2 cm³/mol. The Hall–Kier alpha value is -2.41. The van der Waals surface area contributed by atoms with Gasteiger partial charge in [-0.05, 0) is 24.6 Å². The maximum atomic E-state index is 12.0. The van der Waals surface area contributed by atoms with E-state index < -0.39 is 6.04 Å². The van der Waals surface area contributed by atoms with Crippen LogP contribution in [0.2, 0.25) is 0 Å². The van der Waals surface area contributed by atoms with E-state index in [4.69, 9.17) is 14.6 Å². The van der Waals surface area contributed by atoms with Crippen LogP contribution in [-0.4, -0.2) is 32.7 Å². The molecule has 0 amide bonds. The molecule has 1 N–H and O–H groups in total. The Labute approximate surface area is 140 Å². The van der Waals surface area contributed by atoms with E-state index in [-0.39, 0.29) is 24.1 Å². The van der Waals surface area contributed by atoms with Gasteiger partial charge in [0.1, 0.15) is 17.5 Å². The van der Waals surface area contributed by atoms with E-state index in [0.29, 0.717) is 18.1 Å². The first-order valence-corrected chi connectivity index (χ1v) is 7.85. The van der Waals surface area contributed by atoms with Gasteiger partial charge in [-0.1, -0.05) is 31.2 Å². The molecule has 1 fully saturated rings. The summed E-state index contributed by atoms with van der Waals surface area (Å²) in [6.45, 7) is 6.16. The number of rotatable bonds is 5. The Morgan fingerprint density at radius 3 is 2.71 bits per heavy atom. The molecule has 0 spiro atoms. The van der Waals surface area contributed by atoms with E-state index in [0.717, 1.165) is 5.56 Å². The number of carbonyl (C=O) groups excluding carboxylic acids is 1. The molecular formula is C17H21N3O4. The molecule has 0 radical (unpaired) electrons. The summed E-state index contributed by atoms with van der Waals surface area (Å²) in [5.74, 6) is 0.388. The molecule has 3 rings (SSSR count). The minimum absolute atomic E-state index is 0.00255. The van der Waals surface area contributed by atoms with Crippen molar-refractivity contribution < 1.29 is 19.4 Å². The topological polar surface area (TPSA) is 86.5 Å². The molecule has 1 aromatic carbocycles. The molecule has 1 aliphatic heterocycles. The van der Waals surface area contributed by atoms with Crippen molar-refractivity contribution in [3.8, 4) is 5.75 Å². The Balaban J connectivity index is 1.73. The van der Waals surface area contributed by atoms with E-state index in [1.165, 1.54) is 0 Å². The Kier molecular flexibility index (Phi) is 4.28. The number of cyclic esters (lactones) is 1. The zero-order valence-corrected chi connectivity index (χ0v) is 14.0. The van der Waals surface area contributed by atoms with Crippen LogP contribution in [0.1, 0.15) is 44.2 Å². The number of nitrogens with zero attached hydrogens (tertiary/aromatic N) is 3. The Morgan fingerprint density at radius 2 is 2.12 bits per heavy atom. The molecular weight excluding hydrogens is 310 g/mol. The molecule has 7 heteroatoms. The first-order chi connectivity index (χ1) is 11.4. The largest absolute Gasteiger partial charge is 0.484 e. The molecule has 1 aromatic heterocycles. The number of hydrogen-bond acceptors (Lipinski definition) is 6. The first kappa shape index (κ1) is 16.4. The first-order valence-electron chi connectivity index (χ1n) is 7.85. The van der Waals surface area contributed by atoms with Gasteiger partial charge in [0.05, 0.1) is 19.4 Å². The summed E-state index contributed by atoms with van der Waals surface area (Å²) in [4.78, 5) is 12.0. The van der Waals surface area contributed by atoms with E-state index >= 15 is 0 Å². The normalized spacial score (nSPS) is 20.7. The molecule has 2 atom stereocenters. The van der Waals surface area contributed by atoms with Crippen LogP contribution in [0.15, 0.2) is 30.5 Å². The lowest BCUT2D eigenvalue weighted by atomic mass is 9.88. The zero-order chi connectivity index (χ0) is 17.3. The minimum atomic E-state index is -0.477. The van der Waals surface area contributed by atoms with Crippen molar-refractivity contribution in [1.82, 2.24) is 15.0 Å². The molecule has 1 aliphatic rings. The summed E-state index contributed by atoms with van der Waals surface area (Å²) >= 11 is 0. The van der Waals surface area contributed by atoms with Gasteiger partial charge >= 0.3 is 5.97 Å². The quantitative estimate of drug-likeness (QED) is 0.844. The highest BCUT2D eigenvalue weighted by Crippen LogP contribution is 2.38. The SMILES string of the molecule is CC(Oc1ccc(CO)cc1)c1cn(C2C(=O)OCC2(C)C)nn1. The highest BCUT2D eigenvalue weighted by atomic mass is 16.5. The molecule has 0 bridgehead atoms. The summed E-state index contributed by atoms with van der Waals surface area (Å²) in [5.41, 5.74) is 1.13. The summed E-state index contributed by atoms with van der Waals surface area (Å²) in [5, 5.41) is 17.3. The minimum Gasteiger partial charge on any atom is -0.484 e. The standard InChI is InChI=1S/C17H21N3O4/c1-11(24-13-6-4-12(9-21)5-7-13)14-8-20(19-18-14)15-16(22)23-10-17(15,2)3/h4-8,11,15,21H,9-10H2,1-3H3. The van der Waals surface area contributed by atoms with E-state index in [2.05, 4.69) is 10.3 Å². The number of esters is 1. The average molecular weight is 331 g/mol. The van der Waals surface area contributed by atoms with Crippen LogP contribution in [-0.2, 0) is 16.1 Å². The number of hydrogen-bond donors (Lipinski definition) is 1. The lowest BCUT2D eigenvalue weighted by Gasteiger charge is -2.21. The summed E-state index contributed by atoms with van der Waals surface area (Å²) in [6, 6.07) is 6.72. The fourth-order valence-corrected chi connectivity index (χ4v) is 2.74. The molecule has 24 heavy (non-hydrogen) atoms. The van der Waals surface area contributed by atoms with Crippen LogP contribution < -0.4 is 4.74 Å². The third-order valence-electron chi connectivity index (χ3n) is 4.18. The van der Waals surface area contributed by atoms with E-state index in [1.54, 1.807) is 35.1 Å². The van der Waals surface area contributed by atoms with Crippen molar-refractivity contribution in [2.75, 3.05) is 6.61 Å². The molecule has 2 aromatic rings. The van der Waals surface area contributed by atoms with Crippen LogP contribution in [0.25, 0.3) is 0 Å². The van der Waals surface area contributed by atoms with Crippen molar-refractivity contribution in [2.24, 2.45) is 5.41 Å². The molecule has 0 aliphatic carbocycles. The molecule has 2 unspecified atom stereocenters. The van der Waals surface area contributed by atoms with Gasteiger partial charge in [-0.3, -0.25) is 0 Å². The van der Waals surface area contributed by atoms with E-state index in [9.17, 15) is 4.79 Å². The molecule has 1 saturated heterocycles. The third kappa shape index (κ3) is 3.12. The van der Waals surface area contributed by atoms with Crippen LogP contribution in [0, 0.1) is 5.41 Å². The van der Waals surface area contributed by atoms with Gasteiger partial charge < -0.3 is 14.6 Å². The van der Waals surface area contributed by atoms with Crippen molar-refractivity contribution in [3.05, 3.63) is 41.7 Å². The Bertz CT molecular complexity index is 724. The fraction of sp³-hybridized carbons (Fsp3) is 0.471. The smallest absolute Gasteiger partial charge is 0.331 e. The van der Waals surface area contributed by atoms with Crippen LogP contribution in [0.4, 0.5) is 0 Å². The maximum absolute atomic E-state index is 12.0. The van der Waals surface area contributed by atoms with Crippen molar-refractivity contribution in [1.29, 1.82) is 0 Å². The summed E-state index contributed by atoms with van der Waals surface area (Å²) in [7, 11) is 0. The molecule has 7 nitrogen and oxygen atoms in total. The highest BCUT2D eigenvalue weighted by Gasteiger charge is 2.45. The van der Waals surface area contributed by atoms with Gasteiger partial charge in [-0.2, -0.15) is 0 Å². The Morgan fingerprint density at radius 1 is 1.42 bits per heavy atom. The predicted octanol–water partition coefficient (Wildman–Crippen LogP) is 2.03. The van der Waals surface area contributed by atoms with Crippen molar-refractivity contribution >= 4 is 5.97 Å². The van der Waals surface area contributed by atoms with E-state index in [1.807, 2.05) is 20.8 Å². The summed E-state index contributed by atoms with van der Waals surface area (Å²) in [6.07, 6.45) is 1.41. The second-order valence-electron chi connectivity index (χ2n) is 6.68. The number of aliphatic hydroxyl groups excluding tert-OH is 1. The van der Waals surface area contributed by atoms with Crippen molar-refractivity contribution in [2.45, 2.75) is 39.5 Å². The number of aliphatic hydroxyl groups is 1. The average Bonchev–Trinajstić information content (AvgIpc) is 3.12. The fourth-order valence-electron chi connectivity index (χ4n) is 2.74. The highest BCUT2D eigenvalue weighted by molar-refractivity contribution is 5.77. The summed E-state index contributed by atoms with van der Waals surface area (Å²) < 4.78 is 12.5. The maximum Gasteiger partial charge on any atom is 0.331 e. The molecule has 0 saturated carbocycles. The lowest BCUT2D eigenvalue weighted by molar-refractivity contribution is -0.141. The number of ether oxygens (including phenoxy) is 2. The van der Waals surface area contributed by atoms with Gasteiger partial charge in [-0.15, -0.1) is 5.10 Å². The number of carbonyl (C=O) groups is 1. The molecule has 128 valence electrons. The second kappa shape index (κ2) is 6.24. The van der Waals surface area contributed by atoms with Crippen LogP contribution >= 0.6 is 0 Å². The van der Waals surface area contributed by atoms with Crippen LogP contribution in [0.3, 0.4) is 0 Å². The lowest BCUT2D eigenvalue weighted by Crippen LogP contribution is -2.28. The van der Waals surface area contributed by atoms with Crippen molar-refractivity contribution in [3.63, 3.8) is 0 Å². The van der Waals surface area contributed by atoms with Gasteiger partial charge in [0.25, 0.3) is 0 Å². The van der Waals surface area contributed by atoms with Gasteiger partial charge in [0, 0.05) is 5.41 Å². The zero-order valence-electron chi connectivity index (χ0n) is 14.0. The monoisotopic (exact) mass is 331 g/mol. The third-order valence-corrected chi connectivity index (χ3v) is 4.18. The van der Waals surface area contributed by atoms with Crippen LogP contribution in [0.5, 0.6) is 5.75 Å². The van der Waals surface area contributed by atoms with Gasteiger partial charge in [0.2, 0.25) is 0 Å². The number of aromatic nitrogens is 3.